The van der Waals surface area contributed by atoms with Crippen molar-refractivity contribution in [1.29, 1.82) is 0 Å². The second kappa shape index (κ2) is 5.66. The van der Waals surface area contributed by atoms with Gasteiger partial charge in [-0.2, -0.15) is 0 Å². The first-order valence-electron chi connectivity index (χ1n) is 7.85. The summed E-state index contributed by atoms with van der Waals surface area (Å²) < 4.78 is 12.0. The van der Waals surface area contributed by atoms with E-state index in [1.165, 1.54) is 0 Å². The Labute approximate surface area is 137 Å². The number of aromatic nitrogens is 2. The summed E-state index contributed by atoms with van der Waals surface area (Å²) in [4.78, 5) is 11.1. The summed E-state index contributed by atoms with van der Waals surface area (Å²) in [7, 11) is -0.416. The van der Waals surface area contributed by atoms with Crippen molar-refractivity contribution in [2.45, 2.75) is 57.1 Å². The minimum Gasteiger partial charge on any atom is -0.399 e. The lowest BCUT2D eigenvalue weighted by atomic mass is 9.81. The van der Waals surface area contributed by atoms with Crippen LogP contribution in [-0.2, 0) is 9.31 Å². The maximum absolute atomic E-state index is 6.22. The van der Waals surface area contributed by atoms with E-state index < -0.39 is 7.12 Å². The third kappa shape index (κ3) is 2.96. The van der Waals surface area contributed by atoms with Crippen LogP contribution in [0.1, 0.15) is 40.5 Å². The summed E-state index contributed by atoms with van der Waals surface area (Å²) >= 11 is 6.22. The standard InChI is InChI=1S/C15H23BClN3O2/c1-14(2)15(3,4)22-16(21-14)11-8-18-13(19-9-11)20-7-5-6-12(17)10-20/h8-9,12H,5-7,10H2,1-4H3. The molecule has 2 saturated heterocycles. The Morgan fingerprint density at radius 1 is 1.18 bits per heavy atom. The van der Waals surface area contributed by atoms with Gasteiger partial charge in [-0.05, 0) is 40.5 Å². The average Bonchev–Trinajstić information content (AvgIpc) is 2.68. The van der Waals surface area contributed by atoms with Crippen LogP contribution >= 0.6 is 11.6 Å². The van der Waals surface area contributed by atoms with Gasteiger partial charge >= 0.3 is 7.12 Å². The molecule has 1 aromatic heterocycles. The molecule has 0 aromatic carbocycles. The number of rotatable bonds is 2. The number of hydrogen-bond donors (Lipinski definition) is 0. The fraction of sp³-hybridized carbons (Fsp3) is 0.733. The van der Waals surface area contributed by atoms with Crippen molar-refractivity contribution in [3.63, 3.8) is 0 Å². The van der Waals surface area contributed by atoms with Gasteiger partial charge < -0.3 is 14.2 Å². The molecule has 7 heteroatoms. The Kier molecular flexibility index (Phi) is 4.12. The molecule has 3 heterocycles. The summed E-state index contributed by atoms with van der Waals surface area (Å²) in [6, 6.07) is 0. The first-order chi connectivity index (χ1) is 10.3. The number of alkyl halides is 1. The van der Waals surface area contributed by atoms with Gasteiger partial charge in [0.15, 0.2) is 0 Å². The fourth-order valence-electron chi connectivity index (χ4n) is 2.70. The van der Waals surface area contributed by atoms with Gasteiger partial charge in [0.1, 0.15) is 0 Å². The first-order valence-corrected chi connectivity index (χ1v) is 8.29. The molecule has 120 valence electrons. The number of hydrogen-bond acceptors (Lipinski definition) is 5. The normalized spacial score (nSPS) is 27.2. The molecule has 22 heavy (non-hydrogen) atoms. The highest BCUT2D eigenvalue weighted by molar-refractivity contribution is 6.61. The molecular weight excluding hydrogens is 300 g/mol. The van der Waals surface area contributed by atoms with Gasteiger partial charge in [-0.25, -0.2) is 9.97 Å². The monoisotopic (exact) mass is 323 g/mol. The highest BCUT2D eigenvalue weighted by atomic mass is 35.5. The van der Waals surface area contributed by atoms with E-state index in [9.17, 15) is 0 Å². The summed E-state index contributed by atoms with van der Waals surface area (Å²) in [6.07, 6.45) is 5.73. The predicted octanol–water partition coefficient (Wildman–Crippen LogP) is 1.98. The molecule has 0 saturated carbocycles. The summed E-state index contributed by atoms with van der Waals surface area (Å²) in [5.41, 5.74) is 0.145. The van der Waals surface area contributed by atoms with Crippen LogP contribution in [0.15, 0.2) is 12.4 Å². The number of anilines is 1. The summed E-state index contributed by atoms with van der Waals surface area (Å²) in [5, 5.41) is 0.181. The van der Waals surface area contributed by atoms with Gasteiger partial charge in [0.25, 0.3) is 0 Å². The lowest BCUT2D eigenvalue weighted by Gasteiger charge is -2.32. The third-order valence-electron chi connectivity index (χ3n) is 4.83. The Morgan fingerprint density at radius 3 is 2.32 bits per heavy atom. The third-order valence-corrected chi connectivity index (χ3v) is 5.19. The second-order valence-corrected chi connectivity index (χ2v) is 7.71. The number of piperidine rings is 1. The van der Waals surface area contributed by atoms with E-state index in [0.717, 1.165) is 37.3 Å². The summed E-state index contributed by atoms with van der Waals surface area (Å²) in [6.45, 7) is 9.91. The molecule has 0 N–H and O–H groups in total. The zero-order valence-corrected chi connectivity index (χ0v) is 14.4. The molecule has 0 amide bonds. The van der Waals surface area contributed by atoms with Crippen LogP contribution in [0.2, 0.25) is 0 Å². The van der Waals surface area contributed by atoms with Crippen LogP contribution in [0.4, 0.5) is 5.95 Å². The van der Waals surface area contributed by atoms with E-state index in [1.54, 1.807) is 12.4 Å². The first kappa shape index (κ1) is 16.0. The van der Waals surface area contributed by atoms with E-state index >= 15 is 0 Å². The molecule has 2 aliphatic heterocycles. The van der Waals surface area contributed by atoms with Crippen molar-refractivity contribution in [2.24, 2.45) is 0 Å². The molecule has 2 aliphatic rings. The van der Waals surface area contributed by atoms with Crippen molar-refractivity contribution >= 4 is 30.1 Å². The van der Waals surface area contributed by atoms with Crippen LogP contribution in [0.5, 0.6) is 0 Å². The highest BCUT2D eigenvalue weighted by Crippen LogP contribution is 2.36. The van der Waals surface area contributed by atoms with Gasteiger partial charge in [0.2, 0.25) is 5.95 Å². The predicted molar refractivity (Wildman–Crippen MR) is 88.8 cm³/mol. The molecular formula is C15H23BClN3O2. The maximum Gasteiger partial charge on any atom is 0.498 e. The molecule has 1 atom stereocenters. The van der Waals surface area contributed by atoms with Crippen molar-refractivity contribution < 1.29 is 9.31 Å². The lowest BCUT2D eigenvalue weighted by Crippen LogP contribution is -2.41. The van der Waals surface area contributed by atoms with Crippen molar-refractivity contribution in [3.8, 4) is 0 Å². The van der Waals surface area contributed by atoms with E-state index in [1.807, 2.05) is 27.7 Å². The van der Waals surface area contributed by atoms with Crippen LogP contribution in [0, 0.1) is 0 Å². The largest absolute Gasteiger partial charge is 0.498 e. The Bertz CT molecular complexity index is 522. The zero-order chi connectivity index (χ0) is 16.0. The van der Waals surface area contributed by atoms with E-state index in [0.29, 0.717) is 0 Å². The Balaban J connectivity index is 1.72. The SMILES string of the molecule is CC1(C)OB(c2cnc(N3CCCC(Cl)C3)nc2)OC1(C)C. The van der Waals surface area contributed by atoms with Gasteiger partial charge in [0, 0.05) is 30.9 Å². The number of halogens is 1. The van der Waals surface area contributed by atoms with E-state index in [2.05, 4.69) is 14.9 Å². The second-order valence-electron chi connectivity index (χ2n) is 7.09. The van der Waals surface area contributed by atoms with Crippen LogP contribution < -0.4 is 10.4 Å². The summed E-state index contributed by atoms with van der Waals surface area (Å²) in [5.74, 6) is 0.727. The quantitative estimate of drug-likeness (QED) is 0.615. The van der Waals surface area contributed by atoms with Crippen molar-refractivity contribution in [2.75, 3.05) is 18.0 Å². The van der Waals surface area contributed by atoms with Gasteiger partial charge in [-0.1, -0.05) is 0 Å². The molecule has 0 aliphatic carbocycles. The van der Waals surface area contributed by atoms with Crippen LogP contribution in [-0.4, -0.2) is 46.8 Å². The van der Waals surface area contributed by atoms with Gasteiger partial charge in [-0.3, -0.25) is 0 Å². The fourth-order valence-corrected chi connectivity index (χ4v) is 3.02. The minimum atomic E-state index is -0.416. The van der Waals surface area contributed by atoms with Crippen molar-refractivity contribution in [1.82, 2.24) is 9.97 Å². The highest BCUT2D eigenvalue weighted by Gasteiger charge is 2.51. The maximum atomic E-state index is 6.22. The minimum absolute atomic E-state index is 0.181. The molecule has 5 nitrogen and oxygen atoms in total. The van der Waals surface area contributed by atoms with E-state index in [-0.39, 0.29) is 16.6 Å². The molecule has 0 bridgehead atoms. The Morgan fingerprint density at radius 2 is 1.77 bits per heavy atom. The van der Waals surface area contributed by atoms with E-state index in [4.69, 9.17) is 20.9 Å². The molecule has 0 radical (unpaired) electrons. The Hall–Kier alpha value is -0.845. The van der Waals surface area contributed by atoms with Gasteiger partial charge in [0.05, 0.1) is 16.6 Å². The zero-order valence-electron chi connectivity index (χ0n) is 13.7. The van der Waals surface area contributed by atoms with Crippen molar-refractivity contribution in [3.05, 3.63) is 12.4 Å². The van der Waals surface area contributed by atoms with Crippen LogP contribution in [0.3, 0.4) is 0 Å². The molecule has 1 unspecified atom stereocenters. The molecule has 1 aromatic rings. The number of nitrogens with zero attached hydrogens (tertiary/aromatic N) is 3. The topological polar surface area (TPSA) is 47.5 Å². The molecule has 3 rings (SSSR count). The smallest absolute Gasteiger partial charge is 0.399 e. The molecule has 2 fully saturated rings. The van der Waals surface area contributed by atoms with Crippen LogP contribution in [0.25, 0.3) is 0 Å². The average molecular weight is 324 g/mol. The lowest BCUT2D eigenvalue weighted by molar-refractivity contribution is 0.00578. The van der Waals surface area contributed by atoms with Gasteiger partial charge in [-0.15, -0.1) is 11.6 Å². The molecule has 0 spiro atoms.